The molecule has 4 rings (SSSR count). The molecule has 2 aromatic rings. The fraction of sp³-hybridized carbons (Fsp3) is 0.667. The van der Waals surface area contributed by atoms with E-state index in [1.54, 1.807) is 0 Å². The minimum atomic E-state index is 0.396. The van der Waals surface area contributed by atoms with Gasteiger partial charge >= 0.3 is 0 Å². The van der Waals surface area contributed by atoms with Crippen LogP contribution >= 0.6 is 0 Å². The average Bonchev–Trinajstić information content (AvgIpc) is 3.21. The number of ether oxygens (including phenoxy) is 1. The van der Waals surface area contributed by atoms with E-state index in [-0.39, 0.29) is 0 Å². The summed E-state index contributed by atoms with van der Waals surface area (Å²) in [6.07, 6.45) is 5.32. The number of fused-ring (bicyclic) bond motifs is 1. The van der Waals surface area contributed by atoms with Crippen molar-refractivity contribution in [3.63, 3.8) is 0 Å². The number of pyridine rings is 1. The Bertz CT molecular complexity index is 667. The van der Waals surface area contributed by atoms with E-state index in [4.69, 9.17) is 9.72 Å². The van der Waals surface area contributed by atoms with E-state index >= 15 is 0 Å². The fourth-order valence-electron chi connectivity index (χ4n) is 3.99. The SMILES string of the molecule is CC(C)N1CCC(c2nc3cccnc3n2C2CCOC2)CC1. The minimum Gasteiger partial charge on any atom is -0.379 e. The zero-order valence-electron chi connectivity index (χ0n) is 14.1. The molecule has 1 unspecified atom stereocenters. The molecule has 0 spiro atoms. The van der Waals surface area contributed by atoms with Gasteiger partial charge < -0.3 is 14.2 Å². The molecule has 0 N–H and O–H groups in total. The molecule has 124 valence electrons. The van der Waals surface area contributed by atoms with Crippen LogP contribution in [0.5, 0.6) is 0 Å². The van der Waals surface area contributed by atoms with Crippen molar-refractivity contribution in [2.24, 2.45) is 0 Å². The van der Waals surface area contributed by atoms with Crippen molar-refractivity contribution in [2.45, 2.75) is 51.1 Å². The molecule has 5 heteroatoms. The number of likely N-dealkylation sites (tertiary alicyclic amines) is 1. The number of rotatable bonds is 3. The van der Waals surface area contributed by atoms with Gasteiger partial charge in [-0.1, -0.05) is 0 Å². The molecule has 5 nitrogen and oxygen atoms in total. The zero-order valence-corrected chi connectivity index (χ0v) is 14.1. The first-order valence-electron chi connectivity index (χ1n) is 8.88. The lowest BCUT2D eigenvalue weighted by Gasteiger charge is -2.34. The lowest BCUT2D eigenvalue weighted by atomic mass is 9.95. The van der Waals surface area contributed by atoms with E-state index in [0.717, 1.165) is 30.8 Å². The molecule has 0 radical (unpaired) electrons. The third kappa shape index (κ3) is 2.76. The van der Waals surface area contributed by atoms with Gasteiger partial charge in [-0.25, -0.2) is 9.97 Å². The van der Waals surface area contributed by atoms with Gasteiger partial charge in [0.15, 0.2) is 5.65 Å². The highest BCUT2D eigenvalue weighted by molar-refractivity contribution is 5.71. The second-order valence-electron chi connectivity index (χ2n) is 7.11. The van der Waals surface area contributed by atoms with Gasteiger partial charge in [0.05, 0.1) is 12.6 Å². The number of piperidine rings is 1. The number of hydrogen-bond acceptors (Lipinski definition) is 4. The topological polar surface area (TPSA) is 43.2 Å². The average molecular weight is 314 g/mol. The van der Waals surface area contributed by atoms with Gasteiger partial charge in [-0.3, -0.25) is 0 Å². The molecule has 2 aliphatic rings. The molecule has 0 aromatic carbocycles. The molecular formula is C18H26N4O. The van der Waals surface area contributed by atoms with Crippen LogP contribution in [0.3, 0.4) is 0 Å². The van der Waals surface area contributed by atoms with Crippen LogP contribution in [-0.4, -0.2) is 51.8 Å². The third-order valence-electron chi connectivity index (χ3n) is 5.37. The van der Waals surface area contributed by atoms with Crippen LogP contribution in [0.1, 0.15) is 50.9 Å². The Kier molecular flexibility index (Phi) is 4.07. The van der Waals surface area contributed by atoms with E-state index < -0.39 is 0 Å². The molecule has 0 aliphatic carbocycles. The van der Waals surface area contributed by atoms with Crippen molar-refractivity contribution in [3.8, 4) is 0 Å². The van der Waals surface area contributed by atoms with E-state index in [1.165, 1.54) is 31.8 Å². The van der Waals surface area contributed by atoms with Crippen LogP contribution in [-0.2, 0) is 4.74 Å². The van der Waals surface area contributed by atoms with Crippen molar-refractivity contribution in [2.75, 3.05) is 26.3 Å². The van der Waals surface area contributed by atoms with Crippen molar-refractivity contribution in [3.05, 3.63) is 24.2 Å². The van der Waals surface area contributed by atoms with Crippen LogP contribution in [0.4, 0.5) is 0 Å². The summed E-state index contributed by atoms with van der Waals surface area (Å²) in [5, 5.41) is 0. The molecule has 0 bridgehead atoms. The first kappa shape index (κ1) is 15.1. The van der Waals surface area contributed by atoms with Gasteiger partial charge in [0, 0.05) is 24.8 Å². The molecular weight excluding hydrogens is 288 g/mol. The zero-order chi connectivity index (χ0) is 15.8. The molecule has 2 aliphatic heterocycles. The fourth-order valence-corrected chi connectivity index (χ4v) is 3.99. The van der Waals surface area contributed by atoms with Crippen molar-refractivity contribution in [1.29, 1.82) is 0 Å². The molecule has 0 amide bonds. The quantitative estimate of drug-likeness (QED) is 0.873. The molecule has 2 saturated heterocycles. The normalized spacial score (nSPS) is 24.0. The molecule has 2 aromatic heterocycles. The Morgan fingerprint density at radius 3 is 2.74 bits per heavy atom. The summed E-state index contributed by atoms with van der Waals surface area (Å²) in [5.74, 6) is 1.78. The van der Waals surface area contributed by atoms with Crippen molar-refractivity contribution in [1.82, 2.24) is 19.4 Å². The van der Waals surface area contributed by atoms with E-state index in [9.17, 15) is 0 Å². The predicted octanol–water partition coefficient (Wildman–Crippen LogP) is 2.98. The standard InChI is InChI=1S/C18H26N4O/c1-13(2)21-9-5-14(6-10-21)17-20-16-4-3-8-19-18(16)22(17)15-7-11-23-12-15/h3-4,8,13-15H,5-7,9-12H2,1-2H3. The second-order valence-corrected chi connectivity index (χ2v) is 7.11. The van der Waals surface area contributed by atoms with Gasteiger partial charge in [-0.2, -0.15) is 0 Å². The minimum absolute atomic E-state index is 0.396. The molecule has 0 saturated carbocycles. The van der Waals surface area contributed by atoms with Gasteiger partial charge in [0.1, 0.15) is 11.3 Å². The van der Waals surface area contributed by atoms with Crippen LogP contribution in [0.25, 0.3) is 11.2 Å². The molecule has 4 heterocycles. The lowest BCUT2D eigenvalue weighted by molar-refractivity contribution is 0.166. The summed E-state index contributed by atoms with van der Waals surface area (Å²) in [6, 6.07) is 5.10. The number of imidazole rings is 1. The van der Waals surface area contributed by atoms with Crippen LogP contribution in [0.15, 0.2) is 18.3 Å². The van der Waals surface area contributed by atoms with Crippen molar-refractivity contribution >= 4 is 11.2 Å². The lowest BCUT2D eigenvalue weighted by Crippen LogP contribution is -2.38. The monoisotopic (exact) mass is 314 g/mol. The summed E-state index contributed by atoms with van der Waals surface area (Å²) in [5.41, 5.74) is 2.06. The first-order chi connectivity index (χ1) is 11.2. The van der Waals surface area contributed by atoms with E-state index in [1.807, 2.05) is 12.3 Å². The summed E-state index contributed by atoms with van der Waals surface area (Å²) >= 11 is 0. The Morgan fingerprint density at radius 2 is 2.04 bits per heavy atom. The van der Waals surface area contributed by atoms with E-state index in [2.05, 4.69) is 34.4 Å². The first-order valence-corrected chi connectivity index (χ1v) is 8.88. The van der Waals surface area contributed by atoms with Gasteiger partial charge in [0.25, 0.3) is 0 Å². The Balaban J connectivity index is 1.68. The Labute approximate surface area is 137 Å². The molecule has 1 atom stereocenters. The van der Waals surface area contributed by atoms with E-state index in [0.29, 0.717) is 18.0 Å². The molecule has 2 fully saturated rings. The smallest absolute Gasteiger partial charge is 0.160 e. The summed E-state index contributed by atoms with van der Waals surface area (Å²) in [4.78, 5) is 12.2. The number of nitrogens with zero attached hydrogens (tertiary/aromatic N) is 4. The highest BCUT2D eigenvalue weighted by Gasteiger charge is 2.30. The van der Waals surface area contributed by atoms with Crippen molar-refractivity contribution < 1.29 is 4.74 Å². The maximum absolute atomic E-state index is 5.64. The Morgan fingerprint density at radius 1 is 1.22 bits per heavy atom. The largest absolute Gasteiger partial charge is 0.379 e. The maximum atomic E-state index is 5.64. The number of aromatic nitrogens is 3. The van der Waals surface area contributed by atoms with Crippen LogP contribution in [0, 0.1) is 0 Å². The van der Waals surface area contributed by atoms with Gasteiger partial charge in [-0.05, 0) is 58.3 Å². The predicted molar refractivity (Wildman–Crippen MR) is 90.7 cm³/mol. The number of hydrogen-bond donors (Lipinski definition) is 0. The molecule has 23 heavy (non-hydrogen) atoms. The van der Waals surface area contributed by atoms with Crippen LogP contribution in [0.2, 0.25) is 0 Å². The highest BCUT2D eigenvalue weighted by Crippen LogP contribution is 2.34. The van der Waals surface area contributed by atoms with Gasteiger partial charge in [-0.15, -0.1) is 0 Å². The summed E-state index contributed by atoms with van der Waals surface area (Å²) in [7, 11) is 0. The summed E-state index contributed by atoms with van der Waals surface area (Å²) < 4.78 is 8.02. The third-order valence-corrected chi connectivity index (χ3v) is 5.37. The maximum Gasteiger partial charge on any atom is 0.160 e. The summed E-state index contributed by atoms with van der Waals surface area (Å²) in [6.45, 7) is 8.55. The highest BCUT2D eigenvalue weighted by atomic mass is 16.5. The van der Waals surface area contributed by atoms with Crippen LogP contribution < -0.4 is 0 Å². The second kappa shape index (κ2) is 6.21. The Hall–Kier alpha value is -1.46. The van der Waals surface area contributed by atoms with Gasteiger partial charge in [0.2, 0.25) is 0 Å².